The normalized spacial score (nSPS) is 13.9. The highest BCUT2D eigenvalue weighted by Crippen LogP contribution is 2.42. The molecule has 0 amide bonds. The van der Waals surface area contributed by atoms with Crippen LogP contribution < -0.4 is 29.6 Å². The molecule has 0 unspecified atom stereocenters. The molecule has 0 aliphatic carbocycles. The Labute approximate surface area is 200 Å². The smallest absolute Gasteiger partial charge is 0.290 e. The van der Waals surface area contributed by atoms with Gasteiger partial charge in [-0.2, -0.15) is 0 Å². The first-order valence-corrected chi connectivity index (χ1v) is 11.2. The van der Waals surface area contributed by atoms with Crippen molar-refractivity contribution in [2.24, 2.45) is 0 Å². The third-order valence-corrected chi connectivity index (χ3v) is 6.19. The predicted octanol–water partition coefficient (Wildman–Crippen LogP) is 6.58. The molecule has 0 radical (unpaired) electrons. The van der Waals surface area contributed by atoms with Gasteiger partial charge in [-0.15, -0.1) is 0 Å². The molecule has 0 spiro atoms. The van der Waals surface area contributed by atoms with Crippen molar-refractivity contribution in [3.8, 4) is 28.9 Å². The lowest BCUT2D eigenvalue weighted by molar-refractivity contribution is 0.340. The van der Waals surface area contributed by atoms with E-state index in [4.69, 9.17) is 23.4 Å². The van der Waals surface area contributed by atoms with E-state index in [2.05, 4.69) is 43.2 Å². The van der Waals surface area contributed by atoms with E-state index in [1.165, 1.54) is 11.3 Å². The molecular weight excluding hydrogens is 432 g/mol. The quantitative estimate of drug-likeness (QED) is 0.390. The standard InChI is InChI=1S/C27H32N2O5/c1-16-12-20-19(27(3,4)10-11-28-20)15-22(16)34-25-9-8-21(33-25)17(2)29-26-23(31-6)13-18(30-5)14-24(26)32-7/h8-9,12-15,28-29H,2,10-11H2,1,3-7H3. The van der Waals surface area contributed by atoms with Crippen molar-refractivity contribution in [3.63, 3.8) is 0 Å². The van der Waals surface area contributed by atoms with Gasteiger partial charge in [0.2, 0.25) is 0 Å². The summed E-state index contributed by atoms with van der Waals surface area (Å²) in [4.78, 5) is 0. The molecule has 0 saturated heterocycles. The first-order chi connectivity index (χ1) is 16.2. The Hall–Kier alpha value is -3.74. The molecule has 2 heterocycles. The number of furan rings is 1. The third kappa shape index (κ3) is 4.51. The number of rotatable bonds is 8. The summed E-state index contributed by atoms with van der Waals surface area (Å²) < 4.78 is 28.4. The molecule has 0 fully saturated rings. The summed E-state index contributed by atoms with van der Waals surface area (Å²) in [5.41, 5.74) is 4.68. The van der Waals surface area contributed by atoms with Gasteiger partial charge in [-0.25, -0.2) is 0 Å². The second-order valence-electron chi connectivity index (χ2n) is 8.96. The minimum atomic E-state index is 0.0788. The minimum absolute atomic E-state index is 0.0788. The van der Waals surface area contributed by atoms with Crippen LogP contribution in [0.3, 0.4) is 0 Å². The number of benzene rings is 2. The summed E-state index contributed by atoms with van der Waals surface area (Å²) in [6.45, 7) is 11.6. The van der Waals surface area contributed by atoms with Crippen LogP contribution >= 0.6 is 0 Å². The first kappa shape index (κ1) is 23.4. The topological polar surface area (TPSA) is 74.1 Å². The molecule has 1 aromatic heterocycles. The Bertz CT molecular complexity index is 1190. The van der Waals surface area contributed by atoms with E-state index in [1.807, 2.05) is 13.0 Å². The van der Waals surface area contributed by atoms with Gasteiger partial charge in [-0.1, -0.05) is 20.4 Å². The molecular formula is C27H32N2O5. The summed E-state index contributed by atoms with van der Waals surface area (Å²) in [5.74, 6) is 3.43. The molecule has 3 aromatic rings. The van der Waals surface area contributed by atoms with Crippen molar-refractivity contribution in [2.45, 2.75) is 32.6 Å². The Kier molecular flexibility index (Phi) is 6.37. The fourth-order valence-electron chi connectivity index (χ4n) is 4.14. The molecule has 0 bridgehead atoms. The number of methoxy groups -OCH3 is 3. The van der Waals surface area contributed by atoms with Crippen LogP contribution in [0.2, 0.25) is 0 Å². The summed E-state index contributed by atoms with van der Waals surface area (Å²) >= 11 is 0. The summed E-state index contributed by atoms with van der Waals surface area (Å²) in [5, 5.41) is 6.72. The number of anilines is 2. The number of fused-ring (bicyclic) bond motifs is 1. The summed E-state index contributed by atoms with van der Waals surface area (Å²) in [6.07, 6.45) is 1.07. The van der Waals surface area contributed by atoms with E-state index >= 15 is 0 Å². The van der Waals surface area contributed by atoms with Crippen LogP contribution in [0.4, 0.5) is 11.4 Å². The fourth-order valence-corrected chi connectivity index (χ4v) is 4.14. The molecule has 1 aliphatic heterocycles. The van der Waals surface area contributed by atoms with Crippen LogP contribution in [0.25, 0.3) is 5.70 Å². The predicted molar refractivity (Wildman–Crippen MR) is 135 cm³/mol. The maximum Gasteiger partial charge on any atom is 0.290 e. The van der Waals surface area contributed by atoms with E-state index in [-0.39, 0.29) is 5.41 Å². The van der Waals surface area contributed by atoms with Gasteiger partial charge in [0.1, 0.15) is 28.7 Å². The maximum atomic E-state index is 6.14. The van der Waals surface area contributed by atoms with Crippen LogP contribution in [-0.4, -0.2) is 27.9 Å². The van der Waals surface area contributed by atoms with Crippen LogP contribution in [-0.2, 0) is 5.41 Å². The van der Waals surface area contributed by atoms with Gasteiger partial charge >= 0.3 is 0 Å². The van der Waals surface area contributed by atoms with E-state index in [1.54, 1.807) is 39.5 Å². The first-order valence-electron chi connectivity index (χ1n) is 11.2. The lowest BCUT2D eigenvalue weighted by Gasteiger charge is -2.34. The Morgan fingerprint density at radius 1 is 1.00 bits per heavy atom. The van der Waals surface area contributed by atoms with E-state index in [9.17, 15) is 0 Å². The lowest BCUT2D eigenvalue weighted by Crippen LogP contribution is -2.28. The van der Waals surface area contributed by atoms with Gasteiger partial charge in [0.25, 0.3) is 5.95 Å². The fraction of sp³-hybridized carbons (Fsp3) is 0.333. The van der Waals surface area contributed by atoms with Crippen molar-refractivity contribution in [1.82, 2.24) is 0 Å². The highest BCUT2D eigenvalue weighted by atomic mass is 16.6. The van der Waals surface area contributed by atoms with E-state index < -0.39 is 0 Å². The van der Waals surface area contributed by atoms with Crippen molar-refractivity contribution < 1.29 is 23.4 Å². The summed E-state index contributed by atoms with van der Waals surface area (Å²) in [6, 6.07) is 11.4. The Balaban J connectivity index is 1.56. The second kappa shape index (κ2) is 9.25. The average Bonchev–Trinajstić information content (AvgIpc) is 3.28. The van der Waals surface area contributed by atoms with Crippen LogP contribution in [0.5, 0.6) is 28.9 Å². The number of hydrogen-bond acceptors (Lipinski definition) is 7. The SMILES string of the molecule is C=C(Nc1c(OC)cc(OC)cc1OC)c1ccc(Oc2cc3c(cc2C)NCCC3(C)C)o1. The molecule has 0 atom stereocenters. The van der Waals surface area contributed by atoms with Crippen molar-refractivity contribution in [1.29, 1.82) is 0 Å². The molecule has 4 rings (SSSR count). The monoisotopic (exact) mass is 464 g/mol. The molecule has 7 nitrogen and oxygen atoms in total. The number of ether oxygens (including phenoxy) is 4. The van der Waals surface area contributed by atoms with Crippen LogP contribution in [0.1, 0.15) is 37.2 Å². The molecule has 1 aliphatic rings. The molecule has 7 heteroatoms. The zero-order chi connectivity index (χ0) is 24.5. The molecule has 0 saturated carbocycles. The molecule has 34 heavy (non-hydrogen) atoms. The van der Waals surface area contributed by atoms with Crippen molar-refractivity contribution in [3.05, 3.63) is 59.9 Å². The van der Waals surface area contributed by atoms with Gasteiger partial charge in [0, 0.05) is 30.4 Å². The van der Waals surface area contributed by atoms with Crippen LogP contribution in [0.15, 0.2) is 47.4 Å². The highest BCUT2D eigenvalue weighted by molar-refractivity contribution is 5.81. The zero-order valence-corrected chi connectivity index (χ0v) is 20.6. The third-order valence-electron chi connectivity index (χ3n) is 6.19. The van der Waals surface area contributed by atoms with E-state index in [0.717, 1.165) is 24.3 Å². The van der Waals surface area contributed by atoms with Gasteiger partial charge in [-0.3, -0.25) is 0 Å². The average molecular weight is 465 g/mol. The molecule has 180 valence electrons. The van der Waals surface area contributed by atoms with Crippen molar-refractivity contribution >= 4 is 17.1 Å². The van der Waals surface area contributed by atoms with Gasteiger partial charge < -0.3 is 34.0 Å². The minimum Gasteiger partial charge on any atom is -0.496 e. The lowest BCUT2D eigenvalue weighted by atomic mass is 9.78. The maximum absolute atomic E-state index is 6.14. The number of nitrogens with one attached hydrogen (secondary N) is 2. The molecule has 2 aromatic carbocycles. The molecule has 2 N–H and O–H groups in total. The highest BCUT2D eigenvalue weighted by Gasteiger charge is 2.28. The zero-order valence-electron chi connectivity index (χ0n) is 20.6. The van der Waals surface area contributed by atoms with E-state index in [0.29, 0.717) is 40.3 Å². The summed E-state index contributed by atoms with van der Waals surface area (Å²) in [7, 11) is 4.75. The number of aryl methyl sites for hydroxylation is 1. The second-order valence-corrected chi connectivity index (χ2v) is 8.96. The van der Waals surface area contributed by atoms with Crippen molar-refractivity contribution in [2.75, 3.05) is 38.5 Å². The van der Waals surface area contributed by atoms with Gasteiger partial charge in [0.05, 0.1) is 27.0 Å². The van der Waals surface area contributed by atoms with Crippen LogP contribution in [0, 0.1) is 6.92 Å². The number of hydrogen-bond donors (Lipinski definition) is 2. The Morgan fingerprint density at radius 2 is 1.71 bits per heavy atom. The van der Waals surface area contributed by atoms with Gasteiger partial charge in [0.15, 0.2) is 5.76 Å². The largest absolute Gasteiger partial charge is 0.496 e. The van der Waals surface area contributed by atoms with Gasteiger partial charge in [-0.05, 0) is 48.1 Å². The Morgan fingerprint density at radius 3 is 2.35 bits per heavy atom.